The van der Waals surface area contributed by atoms with Gasteiger partial charge in [-0.3, -0.25) is 18.3 Å². The van der Waals surface area contributed by atoms with Gasteiger partial charge in [0, 0.05) is 25.6 Å². The third-order valence-corrected chi connectivity index (χ3v) is 11.2. The van der Waals surface area contributed by atoms with Crippen molar-refractivity contribution < 1.29 is 52.4 Å². The minimum atomic E-state index is -3.99. The predicted octanol–water partition coefficient (Wildman–Crippen LogP) is 5.41. The van der Waals surface area contributed by atoms with E-state index in [0.29, 0.717) is 26.1 Å². The first kappa shape index (κ1) is 55.5. The number of nitrogen functional groups attached to an aromatic ring is 2. The summed E-state index contributed by atoms with van der Waals surface area (Å²) in [5.74, 6) is 0.177. The zero-order valence-corrected chi connectivity index (χ0v) is 37.6. The molecule has 2 heterocycles. The molecule has 0 bridgehead atoms. The van der Waals surface area contributed by atoms with E-state index in [2.05, 4.69) is 16.9 Å². The fourth-order valence-electron chi connectivity index (χ4n) is 5.62. The fourth-order valence-corrected chi connectivity index (χ4v) is 7.40. The zero-order valence-electron chi connectivity index (χ0n) is 35.9. The van der Waals surface area contributed by atoms with Crippen LogP contribution in [0.4, 0.5) is 11.6 Å². The highest BCUT2D eigenvalue weighted by Gasteiger charge is 2.24. The van der Waals surface area contributed by atoms with Gasteiger partial charge in [-0.2, -0.15) is 9.97 Å². The second-order valence-electron chi connectivity index (χ2n) is 14.6. The summed E-state index contributed by atoms with van der Waals surface area (Å²) in [5, 5.41) is 18.7. The highest BCUT2D eigenvalue weighted by molar-refractivity contribution is 7.52. The molecule has 4 unspecified atom stereocenters. The summed E-state index contributed by atoms with van der Waals surface area (Å²) in [4.78, 5) is 50.0. The number of hydrogen-bond donors (Lipinski definition) is 6. The van der Waals surface area contributed by atoms with Gasteiger partial charge in [0.25, 0.3) is 0 Å². The van der Waals surface area contributed by atoms with Crippen LogP contribution in [0.3, 0.4) is 0 Å². The van der Waals surface area contributed by atoms with Crippen molar-refractivity contribution in [1.82, 2.24) is 19.1 Å². The highest BCUT2D eigenvalue weighted by atomic mass is 31.2. The van der Waals surface area contributed by atoms with Crippen LogP contribution < -0.4 is 22.8 Å². The highest BCUT2D eigenvalue weighted by Crippen LogP contribution is 2.43. The Morgan fingerprint density at radius 2 is 0.950 bits per heavy atom. The summed E-state index contributed by atoms with van der Waals surface area (Å²) in [5.41, 5.74) is 9.64. The lowest BCUT2D eigenvalue weighted by molar-refractivity contribution is 0.0162. The third-order valence-electron chi connectivity index (χ3n) is 9.11. The summed E-state index contributed by atoms with van der Waals surface area (Å²) in [6, 6.07) is 2.87. The second kappa shape index (κ2) is 34.0. The topological polar surface area (TPSA) is 283 Å². The van der Waals surface area contributed by atoms with Crippen LogP contribution in [0.25, 0.3) is 0 Å². The average Bonchev–Trinajstić information content (AvgIpc) is 3.20. The van der Waals surface area contributed by atoms with Crippen molar-refractivity contribution >= 4 is 26.8 Å². The van der Waals surface area contributed by atoms with Crippen molar-refractivity contribution in [2.75, 3.05) is 63.8 Å². The van der Waals surface area contributed by atoms with E-state index in [1.807, 2.05) is 6.92 Å². The van der Waals surface area contributed by atoms with Gasteiger partial charge in [0.05, 0.1) is 51.7 Å². The molecule has 0 aliphatic rings. The van der Waals surface area contributed by atoms with Crippen LogP contribution in [0, 0.1) is 0 Å². The van der Waals surface area contributed by atoms with Crippen molar-refractivity contribution in [1.29, 1.82) is 0 Å². The van der Waals surface area contributed by atoms with Gasteiger partial charge in [-0.25, -0.2) is 9.59 Å². The molecule has 19 nitrogen and oxygen atoms in total. The molecule has 0 aliphatic carbocycles. The number of unbranched alkanes of at least 4 members (excludes halogenated alkanes) is 14. The molecule has 0 saturated heterocycles. The van der Waals surface area contributed by atoms with Crippen LogP contribution in [-0.4, -0.2) is 104 Å². The molecule has 0 amide bonds. The van der Waals surface area contributed by atoms with Crippen LogP contribution in [0.5, 0.6) is 0 Å². The fraction of sp³-hybridized carbons (Fsp3) is 0.795. The van der Waals surface area contributed by atoms with E-state index < -0.39 is 64.7 Å². The summed E-state index contributed by atoms with van der Waals surface area (Å²) in [7, 11) is -7.86. The first-order chi connectivity index (χ1) is 28.8. The van der Waals surface area contributed by atoms with Gasteiger partial charge < -0.3 is 54.7 Å². The monoisotopic (exact) mass is 896 g/mol. The Labute approximate surface area is 355 Å². The Kier molecular flexibility index (Phi) is 31.4. The Bertz CT molecular complexity index is 1600. The molecule has 0 aromatic carbocycles. The standard InChI is InChI=1S/C27H52N3O7P.C12H22N3O6P/c1-2-3-4-5-6-7-8-9-10-11-12-13-14-15-19-35-20-16-21-37-38(33,34)24-36-25(23-31)22-30-18-17-26(28)29-27(30)32;1-2-3-6-21-22(18,19)9-20-10(8-16)7-15-5-4-11(13)14-12(15)17/h17-18,25,31H,2-16,19-24H2,1H3,(H,33,34)(H2,28,29,32);4-5,10,16H,2-3,6-9H2,1H3,(H,18,19)(H2,13,14,17). The van der Waals surface area contributed by atoms with Gasteiger partial charge in [0.2, 0.25) is 0 Å². The summed E-state index contributed by atoms with van der Waals surface area (Å²) in [6.07, 6.45) is 20.5. The number of hydrogen-bond acceptors (Lipinski definition) is 15. The normalized spacial score (nSPS) is 14.5. The Hall–Kier alpha value is -2.54. The van der Waals surface area contributed by atoms with Crippen molar-refractivity contribution in [3.8, 4) is 0 Å². The first-order valence-corrected chi connectivity index (χ1v) is 24.9. The SMILES string of the molecule is CCCCCCCCCCCCCCCCOCCCOP(=O)(O)COC(CO)Cn1ccc(N)nc1=O.CCCCOP(=O)(O)COC(CO)Cn1ccc(N)nc1=O. The molecule has 0 spiro atoms. The van der Waals surface area contributed by atoms with Gasteiger partial charge >= 0.3 is 26.6 Å². The van der Waals surface area contributed by atoms with Gasteiger partial charge in [-0.05, 0) is 31.4 Å². The average molecular weight is 897 g/mol. The van der Waals surface area contributed by atoms with E-state index >= 15 is 0 Å². The number of rotatable bonds is 36. The summed E-state index contributed by atoms with van der Waals surface area (Å²) < 4.78 is 52.3. The molecule has 0 aliphatic heterocycles. The molecule has 60 heavy (non-hydrogen) atoms. The Morgan fingerprint density at radius 3 is 1.33 bits per heavy atom. The maximum Gasteiger partial charge on any atom is 0.353 e. The van der Waals surface area contributed by atoms with Crippen molar-refractivity contribution in [3.05, 3.63) is 45.5 Å². The molecule has 4 atom stereocenters. The van der Waals surface area contributed by atoms with Crippen molar-refractivity contribution in [2.45, 2.75) is 148 Å². The Balaban J connectivity index is 0.000000692. The predicted molar refractivity (Wildman–Crippen MR) is 232 cm³/mol. The number of anilines is 2. The molecular formula is C39H74N6O13P2. The van der Waals surface area contributed by atoms with Gasteiger partial charge in [-0.1, -0.05) is 104 Å². The number of nitrogens with zero attached hydrogens (tertiary/aromatic N) is 4. The van der Waals surface area contributed by atoms with Crippen LogP contribution >= 0.6 is 15.2 Å². The molecule has 348 valence electrons. The van der Waals surface area contributed by atoms with E-state index in [9.17, 15) is 38.7 Å². The summed E-state index contributed by atoms with van der Waals surface area (Å²) >= 11 is 0. The van der Waals surface area contributed by atoms with Crippen LogP contribution in [0.2, 0.25) is 0 Å². The molecule has 21 heteroatoms. The second-order valence-corrected chi connectivity index (χ2v) is 18.2. The van der Waals surface area contributed by atoms with Crippen molar-refractivity contribution in [3.63, 3.8) is 0 Å². The number of aromatic nitrogens is 4. The molecule has 2 aromatic heterocycles. The lowest BCUT2D eigenvalue weighted by Gasteiger charge is -2.19. The van der Waals surface area contributed by atoms with Crippen LogP contribution in [0.1, 0.15) is 123 Å². The van der Waals surface area contributed by atoms with E-state index in [-0.39, 0.29) is 37.9 Å². The lowest BCUT2D eigenvalue weighted by Crippen LogP contribution is -2.32. The van der Waals surface area contributed by atoms with Gasteiger partial charge in [-0.15, -0.1) is 0 Å². The molecule has 0 fully saturated rings. The number of ether oxygens (including phenoxy) is 3. The smallest absolute Gasteiger partial charge is 0.353 e. The van der Waals surface area contributed by atoms with E-state index in [1.165, 1.54) is 117 Å². The quantitative estimate of drug-likeness (QED) is 0.0368. The molecule has 2 rings (SSSR count). The molecule has 2 aromatic rings. The molecule has 8 N–H and O–H groups in total. The number of nitrogens with two attached hydrogens (primary N) is 2. The Morgan fingerprint density at radius 1 is 0.583 bits per heavy atom. The van der Waals surface area contributed by atoms with Crippen molar-refractivity contribution in [2.24, 2.45) is 0 Å². The maximum atomic E-state index is 12.2. The molecule has 0 saturated carbocycles. The summed E-state index contributed by atoms with van der Waals surface area (Å²) in [6.45, 7) is 4.67. The number of aliphatic hydroxyl groups excluding tert-OH is 2. The van der Waals surface area contributed by atoms with Gasteiger partial charge in [0.1, 0.15) is 24.3 Å². The molecular weight excluding hydrogens is 822 g/mol. The maximum absolute atomic E-state index is 12.2. The van der Waals surface area contributed by atoms with E-state index in [4.69, 9.17) is 34.7 Å². The lowest BCUT2D eigenvalue weighted by atomic mass is 10.0. The molecule has 0 radical (unpaired) electrons. The third kappa shape index (κ3) is 28.9. The number of aliphatic hydroxyl groups is 2. The van der Waals surface area contributed by atoms with Gasteiger partial charge in [0.15, 0.2) is 0 Å². The minimum Gasteiger partial charge on any atom is -0.394 e. The van der Waals surface area contributed by atoms with E-state index in [0.717, 1.165) is 12.8 Å². The first-order valence-electron chi connectivity index (χ1n) is 21.4. The van der Waals surface area contributed by atoms with E-state index in [1.54, 1.807) is 0 Å². The zero-order chi connectivity index (χ0) is 44.5. The van der Waals surface area contributed by atoms with Crippen LogP contribution in [0.15, 0.2) is 34.1 Å². The minimum absolute atomic E-state index is 0.0163. The van der Waals surface area contributed by atoms with Crippen LogP contribution in [-0.2, 0) is 45.5 Å². The largest absolute Gasteiger partial charge is 0.394 e.